The minimum atomic E-state index is -0.453. The lowest BCUT2D eigenvalue weighted by molar-refractivity contribution is -0.383. The second-order valence-electron chi connectivity index (χ2n) is 5.00. The molecule has 2 aromatic rings. The van der Waals surface area contributed by atoms with E-state index in [1.54, 1.807) is 12.1 Å². The molecule has 0 saturated heterocycles. The Morgan fingerprint density at radius 1 is 1.42 bits per heavy atom. The van der Waals surface area contributed by atoms with Crippen LogP contribution >= 0.6 is 0 Å². The fourth-order valence-corrected chi connectivity index (χ4v) is 1.64. The molecule has 1 N–H and O–H groups in total. The fourth-order valence-electron chi connectivity index (χ4n) is 1.64. The van der Waals surface area contributed by atoms with Crippen molar-refractivity contribution in [2.75, 3.05) is 11.9 Å². The van der Waals surface area contributed by atoms with Gasteiger partial charge in [-0.25, -0.2) is 0 Å². The number of nitrogens with zero attached hydrogens (tertiary/aromatic N) is 2. The highest BCUT2D eigenvalue weighted by Gasteiger charge is 2.17. The zero-order valence-corrected chi connectivity index (χ0v) is 11.2. The fraction of sp³-hybridized carbons (Fsp3) is 0.462. The van der Waals surface area contributed by atoms with E-state index in [1.807, 2.05) is 0 Å². The Bertz CT molecular complexity index is 592. The minimum absolute atomic E-state index is 0.0359. The highest BCUT2D eigenvalue weighted by Crippen LogP contribution is 2.27. The number of hydrogen-bond donors (Lipinski definition) is 1. The summed E-state index contributed by atoms with van der Waals surface area (Å²) in [7, 11) is 0. The summed E-state index contributed by atoms with van der Waals surface area (Å²) in [6, 6.07) is 5.01. The van der Waals surface area contributed by atoms with Crippen LogP contribution in [0.25, 0.3) is 11.1 Å². The number of oxazole rings is 1. The Morgan fingerprint density at radius 2 is 2.16 bits per heavy atom. The van der Waals surface area contributed by atoms with Gasteiger partial charge in [-0.2, -0.15) is 4.98 Å². The highest BCUT2D eigenvalue weighted by atomic mass is 16.6. The van der Waals surface area contributed by atoms with Crippen molar-refractivity contribution in [1.82, 2.24) is 4.98 Å². The molecule has 6 nitrogen and oxygen atoms in total. The van der Waals surface area contributed by atoms with Crippen molar-refractivity contribution in [1.29, 1.82) is 0 Å². The van der Waals surface area contributed by atoms with Gasteiger partial charge in [-0.1, -0.05) is 26.8 Å². The number of nitro groups is 1. The van der Waals surface area contributed by atoms with Crippen molar-refractivity contribution in [3.8, 4) is 0 Å². The third kappa shape index (κ3) is 2.83. The van der Waals surface area contributed by atoms with Crippen LogP contribution in [-0.4, -0.2) is 16.5 Å². The number of non-ortho nitro benzene ring substituents is 1. The Morgan fingerprint density at radius 3 is 2.79 bits per heavy atom. The Labute approximate surface area is 111 Å². The van der Waals surface area contributed by atoms with E-state index in [1.165, 1.54) is 6.07 Å². The largest absolute Gasteiger partial charge is 0.423 e. The summed E-state index contributed by atoms with van der Waals surface area (Å²) in [6.07, 6.45) is 0. The van der Waals surface area contributed by atoms with Gasteiger partial charge in [-0.3, -0.25) is 10.1 Å². The first kappa shape index (κ1) is 13.3. The van der Waals surface area contributed by atoms with Crippen LogP contribution in [-0.2, 0) is 0 Å². The summed E-state index contributed by atoms with van der Waals surface area (Å²) in [5, 5.41) is 14.0. The summed E-state index contributed by atoms with van der Waals surface area (Å²) in [6.45, 7) is 7.13. The minimum Gasteiger partial charge on any atom is -0.423 e. The molecular formula is C13H17N3O3. The number of anilines is 1. The third-order valence-corrected chi connectivity index (χ3v) is 3.31. The van der Waals surface area contributed by atoms with Crippen LogP contribution in [0.1, 0.15) is 20.8 Å². The lowest BCUT2D eigenvalue weighted by atomic mass is 9.98. The van der Waals surface area contributed by atoms with Gasteiger partial charge in [0.1, 0.15) is 0 Å². The number of nitro benzene ring substituents is 1. The smallest absolute Gasteiger partial charge is 0.298 e. The van der Waals surface area contributed by atoms with Crippen LogP contribution in [0.4, 0.5) is 11.7 Å². The molecule has 0 aliphatic carbocycles. The number of benzene rings is 1. The van der Waals surface area contributed by atoms with Crippen molar-refractivity contribution >= 4 is 22.8 Å². The van der Waals surface area contributed by atoms with Crippen LogP contribution in [0.5, 0.6) is 0 Å². The first-order valence-corrected chi connectivity index (χ1v) is 6.27. The molecule has 1 aromatic carbocycles. The topological polar surface area (TPSA) is 81.2 Å². The van der Waals surface area contributed by atoms with Crippen molar-refractivity contribution < 1.29 is 9.34 Å². The molecule has 0 bridgehead atoms. The van der Waals surface area contributed by atoms with Crippen LogP contribution in [0.2, 0.25) is 0 Å². The van der Waals surface area contributed by atoms with Gasteiger partial charge in [0.05, 0.1) is 4.92 Å². The SMILES string of the molecule is CC(C)C(C)CNc1nc2c([N+](=O)[O-])cccc2o1. The molecule has 0 aliphatic heterocycles. The van der Waals surface area contributed by atoms with E-state index in [4.69, 9.17) is 4.42 Å². The zero-order chi connectivity index (χ0) is 14.0. The van der Waals surface area contributed by atoms with E-state index in [2.05, 4.69) is 31.1 Å². The quantitative estimate of drug-likeness (QED) is 0.660. The molecule has 102 valence electrons. The summed E-state index contributed by atoms with van der Waals surface area (Å²) in [5.74, 6) is 1.01. The molecule has 0 spiro atoms. The molecule has 0 saturated carbocycles. The summed E-state index contributed by atoms with van der Waals surface area (Å²) in [5.41, 5.74) is 0.673. The number of fused-ring (bicyclic) bond motifs is 1. The summed E-state index contributed by atoms with van der Waals surface area (Å²) >= 11 is 0. The maximum absolute atomic E-state index is 10.9. The van der Waals surface area contributed by atoms with Crippen LogP contribution in [0.3, 0.4) is 0 Å². The highest BCUT2D eigenvalue weighted by molar-refractivity contribution is 5.83. The average Bonchev–Trinajstić information content (AvgIpc) is 2.77. The molecule has 2 rings (SSSR count). The normalized spacial score (nSPS) is 12.8. The molecule has 6 heteroatoms. The van der Waals surface area contributed by atoms with Gasteiger partial charge in [0.2, 0.25) is 0 Å². The van der Waals surface area contributed by atoms with E-state index in [9.17, 15) is 10.1 Å². The van der Waals surface area contributed by atoms with Gasteiger partial charge in [0.25, 0.3) is 11.7 Å². The molecule has 0 fully saturated rings. The maximum Gasteiger partial charge on any atom is 0.298 e. The molecule has 19 heavy (non-hydrogen) atoms. The molecule has 0 radical (unpaired) electrons. The number of nitrogens with one attached hydrogen (secondary N) is 1. The predicted molar refractivity (Wildman–Crippen MR) is 73.2 cm³/mol. The number of aromatic nitrogens is 1. The Hall–Kier alpha value is -2.11. The molecule has 1 unspecified atom stereocenters. The first-order valence-electron chi connectivity index (χ1n) is 6.27. The van der Waals surface area contributed by atoms with Crippen molar-refractivity contribution in [3.63, 3.8) is 0 Å². The lowest BCUT2D eigenvalue weighted by Crippen LogP contribution is -2.16. The summed E-state index contributed by atoms with van der Waals surface area (Å²) < 4.78 is 5.46. The second kappa shape index (κ2) is 5.26. The van der Waals surface area contributed by atoms with Gasteiger partial charge < -0.3 is 9.73 Å². The van der Waals surface area contributed by atoms with Gasteiger partial charge in [0, 0.05) is 12.6 Å². The van der Waals surface area contributed by atoms with Crippen LogP contribution in [0, 0.1) is 22.0 Å². The molecule has 0 aliphatic rings. The summed E-state index contributed by atoms with van der Waals surface area (Å²) in [4.78, 5) is 14.6. The number of para-hydroxylation sites is 1. The van der Waals surface area contributed by atoms with E-state index in [0.717, 1.165) is 6.54 Å². The van der Waals surface area contributed by atoms with E-state index in [-0.39, 0.29) is 11.2 Å². The van der Waals surface area contributed by atoms with Gasteiger partial charge in [-0.15, -0.1) is 0 Å². The monoisotopic (exact) mass is 263 g/mol. The second-order valence-corrected chi connectivity index (χ2v) is 5.00. The van der Waals surface area contributed by atoms with Crippen LogP contribution < -0.4 is 5.32 Å². The molecule has 1 atom stereocenters. The average molecular weight is 263 g/mol. The molecule has 1 aromatic heterocycles. The van der Waals surface area contributed by atoms with Gasteiger partial charge in [0.15, 0.2) is 11.1 Å². The van der Waals surface area contributed by atoms with Crippen LogP contribution in [0.15, 0.2) is 22.6 Å². The Balaban J connectivity index is 2.22. The van der Waals surface area contributed by atoms with Crippen molar-refractivity contribution in [2.24, 2.45) is 11.8 Å². The molecular weight excluding hydrogens is 246 g/mol. The standard InChI is InChI=1S/C13H17N3O3/c1-8(2)9(3)7-14-13-15-12-10(16(17)18)5-4-6-11(12)19-13/h4-6,8-9H,7H2,1-3H3,(H,14,15). The lowest BCUT2D eigenvalue weighted by Gasteiger charge is -2.14. The first-order chi connectivity index (χ1) is 8.99. The number of hydrogen-bond acceptors (Lipinski definition) is 5. The number of rotatable bonds is 5. The van der Waals surface area contributed by atoms with Gasteiger partial charge in [-0.05, 0) is 17.9 Å². The predicted octanol–water partition coefficient (Wildman–Crippen LogP) is 3.44. The maximum atomic E-state index is 10.9. The van der Waals surface area contributed by atoms with Crippen molar-refractivity contribution in [2.45, 2.75) is 20.8 Å². The van der Waals surface area contributed by atoms with E-state index >= 15 is 0 Å². The molecule has 0 amide bonds. The van der Waals surface area contributed by atoms with E-state index in [0.29, 0.717) is 23.4 Å². The van der Waals surface area contributed by atoms with Crippen molar-refractivity contribution in [3.05, 3.63) is 28.3 Å². The van der Waals surface area contributed by atoms with E-state index < -0.39 is 4.92 Å². The third-order valence-electron chi connectivity index (χ3n) is 3.31. The van der Waals surface area contributed by atoms with Gasteiger partial charge >= 0.3 is 0 Å². The zero-order valence-electron chi connectivity index (χ0n) is 11.2. The Kier molecular flexibility index (Phi) is 3.69. The molecule has 1 heterocycles.